The number of amides is 1. The van der Waals surface area contributed by atoms with Crippen LogP contribution in [0.3, 0.4) is 0 Å². The molecule has 0 bridgehead atoms. The summed E-state index contributed by atoms with van der Waals surface area (Å²) in [5.74, 6) is 2.96. The van der Waals surface area contributed by atoms with Crippen molar-refractivity contribution >= 4 is 27.5 Å². The summed E-state index contributed by atoms with van der Waals surface area (Å²) < 4.78 is 22.9. The number of halogens is 1. The predicted molar refractivity (Wildman–Crippen MR) is 124 cm³/mol. The second-order valence-corrected chi connectivity index (χ2v) is 7.26. The van der Waals surface area contributed by atoms with Gasteiger partial charge in [-0.25, -0.2) is 0 Å². The maximum absolute atomic E-state index is 12.8. The van der Waals surface area contributed by atoms with Crippen LogP contribution in [-0.4, -0.2) is 26.2 Å². The highest BCUT2D eigenvalue weighted by Gasteiger charge is 2.16. The van der Waals surface area contributed by atoms with Gasteiger partial charge in [-0.15, -0.1) is 0 Å². The van der Waals surface area contributed by atoms with Crippen LogP contribution in [-0.2, 0) is 0 Å². The molecule has 3 aromatic rings. The zero-order chi connectivity index (χ0) is 22.2. The Morgan fingerprint density at radius 3 is 2.03 bits per heavy atom. The maximum Gasteiger partial charge on any atom is 0.255 e. The average Bonchev–Trinajstić information content (AvgIpc) is 2.78. The lowest BCUT2D eigenvalue weighted by atomic mass is 10.1. The van der Waals surface area contributed by atoms with Gasteiger partial charge in [0.1, 0.15) is 17.2 Å². The molecular formula is C24H24BrNO5. The van der Waals surface area contributed by atoms with Gasteiger partial charge in [0.05, 0.1) is 24.8 Å². The minimum atomic E-state index is -0.256. The molecule has 3 aromatic carbocycles. The molecule has 0 radical (unpaired) electrons. The number of nitrogens with one attached hydrogen (secondary N) is 1. The summed E-state index contributed by atoms with van der Waals surface area (Å²) >= 11 is 3.46. The Hall–Kier alpha value is -3.19. The Kier molecular flexibility index (Phi) is 7.78. The van der Waals surface area contributed by atoms with Gasteiger partial charge in [-0.3, -0.25) is 4.79 Å². The molecule has 3 rings (SSSR count). The SMILES string of the molecule is CCOc1cc(C(=O)Nc2ccc(Oc3ccc(OC)cc3)cc2)cc(Br)c1OCC. The van der Waals surface area contributed by atoms with Gasteiger partial charge >= 0.3 is 0 Å². The first-order valence-electron chi connectivity index (χ1n) is 9.86. The molecule has 0 aliphatic carbocycles. The minimum absolute atomic E-state index is 0.256. The van der Waals surface area contributed by atoms with Crippen molar-refractivity contribution in [3.8, 4) is 28.7 Å². The van der Waals surface area contributed by atoms with Gasteiger partial charge in [0.25, 0.3) is 5.91 Å². The third-order valence-electron chi connectivity index (χ3n) is 4.27. The lowest BCUT2D eigenvalue weighted by Gasteiger charge is -2.14. The van der Waals surface area contributed by atoms with Gasteiger partial charge in [-0.05, 0) is 90.4 Å². The van der Waals surface area contributed by atoms with E-state index in [1.807, 2.05) is 38.1 Å². The number of ether oxygens (including phenoxy) is 4. The van der Waals surface area contributed by atoms with Crippen molar-refractivity contribution in [1.29, 1.82) is 0 Å². The fourth-order valence-electron chi connectivity index (χ4n) is 2.84. The Morgan fingerprint density at radius 2 is 1.45 bits per heavy atom. The molecule has 1 N–H and O–H groups in total. The second-order valence-electron chi connectivity index (χ2n) is 6.41. The van der Waals surface area contributed by atoms with E-state index in [2.05, 4.69) is 21.2 Å². The number of hydrogen-bond donors (Lipinski definition) is 1. The second kappa shape index (κ2) is 10.7. The molecule has 0 unspecified atom stereocenters. The summed E-state index contributed by atoms with van der Waals surface area (Å²) in [5, 5.41) is 2.88. The molecule has 6 nitrogen and oxygen atoms in total. The molecule has 162 valence electrons. The zero-order valence-electron chi connectivity index (χ0n) is 17.6. The number of hydrogen-bond acceptors (Lipinski definition) is 5. The van der Waals surface area contributed by atoms with Gasteiger partial charge in [0, 0.05) is 11.3 Å². The van der Waals surface area contributed by atoms with Crippen LogP contribution in [0.1, 0.15) is 24.2 Å². The molecular weight excluding hydrogens is 462 g/mol. The summed E-state index contributed by atoms with van der Waals surface area (Å²) in [7, 11) is 1.62. The molecule has 0 heterocycles. The van der Waals surface area contributed by atoms with E-state index in [9.17, 15) is 4.79 Å². The first kappa shape index (κ1) is 22.5. The summed E-state index contributed by atoms with van der Waals surface area (Å²) in [4.78, 5) is 12.8. The third kappa shape index (κ3) is 5.92. The number of carbonyl (C=O) groups is 1. The van der Waals surface area contributed by atoms with E-state index >= 15 is 0 Å². The van der Waals surface area contributed by atoms with Crippen LogP contribution >= 0.6 is 15.9 Å². The van der Waals surface area contributed by atoms with Crippen LogP contribution in [0, 0.1) is 0 Å². The fourth-order valence-corrected chi connectivity index (χ4v) is 3.39. The van der Waals surface area contributed by atoms with E-state index in [4.69, 9.17) is 18.9 Å². The topological polar surface area (TPSA) is 66.0 Å². The highest BCUT2D eigenvalue weighted by atomic mass is 79.9. The van der Waals surface area contributed by atoms with E-state index in [0.29, 0.717) is 51.9 Å². The van der Waals surface area contributed by atoms with Crippen LogP contribution in [0.15, 0.2) is 65.1 Å². The molecule has 0 aromatic heterocycles. The number of rotatable bonds is 9. The Morgan fingerprint density at radius 1 is 0.871 bits per heavy atom. The fraction of sp³-hybridized carbons (Fsp3) is 0.208. The molecule has 0 saturated carbocycles. The molecule has 0 atom stereocenters. The van der Waals surface area contributed by atoms with Gasteiger partial charge in [-0.1, -0.05) is 0 Å². The smallest absolute Gasteiger partial charge is 0.255 e. The van der Waals surface area contributed by atoms with Crippen molar-refractivity contribution in [3.63, 3.8) is 0 Å². The monoisotopic (exact) mass is 485 g/mol. The van der Waals surface area contributed by atoms with E-state index in [1.54, 1.807) is 43.5 Å². The van der Waals surface area contributed by atoms with Crippen molar-refractivity contribution in [2.45, 2.75) is 13.8 Å². The molecule has 31 heavy (non-hydrogen) atoms. The van der Waals surface area contributed by atoms with Crippen LogP contribution in [0.4, 0.5) is 5.69 Å². The van der Waals surface area contributed by atoms with E-state index in [-0.39, 0.29) is 5.91 Å². The molecule has 0 saturated heterocycles. The number of benzene rings is 3. The van der Waals surface area contributed by atoms with E-state index < -0.39 is 0 Å². The standard InChI is InChI=1S/C24H24BrNO5/c1-4-29-22-15-16(14-21(25)23(22)30-5-2)24(27)26-17-6-8-19(9-7-17)31-20-12-10-18(28-3)11-13-20/h6-15H,4-5H2,1-3H3,(H,26,27). The highest BCUT2D eigenvalue weighted by Crippen LogP contribution is 2.37. The van der Waals surface area contributed by atoms with Gasteiger partial charge in [0.15, 0.2) is 11.5 Å². The lowest BCUT2D eigenvalue weighted by molar-refractivity contribution is 0.102. The van der Waals surface area contributed by atoms with Crippen LogP contribution in [0.5, 0.6) is 28.7 Å². The summed E-state index contributed by atoms with van der Waals surface area (Å²) in [6.45, 7) is 4.74. The largest absolute Gasteiger partial charge is 0.497 e. The summed E-state index contributed by atoms with van der Waals surface area (Å²) in [6, 6.07) is 17.8. The Bertz CT molecular complexity index is 1020. The quantitative estimate of drug-likeness (QED) is 0.385. The van der Waals surface area contributed by atoms with Gasteiger partial charge < -0.3 is 24.3 Å². The molecule has 0 aliphatic rings. The van der Waals surface area contributed by atoms with Gasteiger partial charge in [0.2, 0.25) is 0 Å². The predicted octanol–water partition coefficient (Wildman–Crippen LogP) is 6.30. The number of methoxy groups -OCH3 is 1. The molecule has 0 spiro atoms. The number of carbonyl (C=O) groups excluding carboxylic acids is 1. The maximum atomic E-state index is 12.8. The summed E-state index contributed by atoms with van der Waals surface area (Å²) in [6.07, 6.45) is 0. The first-order chi connectivity index (χ1) is 15.0. The minimum Gasteiger partial charge on any atom is -0.497 e. The lowest BCUT2D eigenvalue weighted by Crippen LogP contribution is -2.12. The van der Waals surface area contributed by atoms with Gasteiger partial charge in [-0.2, -0.15) is 0 Å². The van der Waals surface area contributed by atoms with Crippen molar-refractivity contribution in [1.82, 2.24) is 0 Å². The van der Waals surface area contributed by atoms with E-state index in [1.165, 1.54) is 0 Å². The molecule has 0 fully saturated rings. The van der Waals surface area contributed by atoms with Crippen molar-refractivity contribution in [2.24, 2.45) is 0 Å². The summed E-state index contributed by atoms with van der Waals surface area (Å²) in [5.41, 5.74) is 1.10. The van der Waals surface area contributed by atoms with Crippen LogP contribution in [0.25, 0.3) is 0 Å². The molecule has 1 amide bonds. The van der Waals surface area contributed by atoms with Crippen LogP contribution in [0.2, 0.25) is 0 Å². The Balaban J connectivity index is 1.70. The normalized spacial score (nSPS) is 10.3. The third-order valence-corrected chi connectivity index (χ3v) is 4.86. The highest BCUT2D eigenvalue weighted by molar-refractivity contribution is 9.10. The Labute approximate surface area is 190 Å². The van der Waals surface area contributed by atoms with E-state index in [0.717, 1.165) is 5.75 Å². The number of anilines is 1. The van der Waals surface area contributed by atoms with Crippen molar-refractivity contribution in [3.05, 3.63) is 70.7 Å². The molecule has 0 aliphatic heterocycles. The first-order valence-corrected chi connectivity index (χ1v) is 10.7. The average molecular weight is 486 g/mol. The van der Waals surface area contributed by atoms with Crippen molar-refractivity contribution < 1.29 is 23.7 Å². The van der Waals surface area contributed by atoms with Crippen LogP contribution < -0.4 is 24.3 Å². The molecule has 7 heteroatoms. The van der Waals surface area contributed by atoms with Crippen molar-refractivity contribution in [2.75, 3.05) is 25.6 Å². The zero-order valence-corrected chi connectivity index (χ0v) is 19.2.